The van der Waals surface area contributed by atoms with E-state index in [0.29, 0.717) is 32.1 Å². The molecule has 4 aliphatic carbocycles. The lowest BCUT2D eigenvalue weighted by Crippen LogP contribution is -2.63. The Hall–Kier alpha value is -1.44. The van der Waals surface area contributed by atoms with Gasteiger partial charge in [0, 0.05) is 12.3 Å². The van der Waals surface area contributed by atoms with Gasteiger partial charge in [-0.1, -0.05) is 36.7 Å². The fraction of sp³-hybridized carbons (Fsp3) is 0.846. The maximum absolute atomic E-state index is 13.9. The van der Waals surface area contributed by atoms with Crippen molar-refractivity contribution < 1.29 is 34.5 Å². The Balaban J connectivity index is 1.71. The fourth-order valence-electron chi connectivity index (χ4n) is 9.05. The Kier molecular flexibility index (Phi) is 6.71. The third-order valence-electron chi connectivity index (χ3n) is 10.9. The molecule has 0 aromatic rings. The SMILES string of the molecule is C[C@@H](CCC(=O)O)[C@H]1CC[C@@H]2[C@@H]3C(=O)[C@H](Br)[C@@H]4C[C@H](C(=O)O)CC[C@]4(C)[C@@H]3C[C@H](C(=O)O)[C@@]21C. The van der Waals surface area contributed by atoms with E-state index in [9.17, 15) is 34.5 Å². The van der Waals surface area contributed by atoms with E-state index in [0.717, 1.165) is 12.8 Å². The van der Waals surface area contributed by atoms with E-state index in [1.54, 1.807) is 0 Å². The Labute approximate surface area is 209 Å². The summed E-state index contributed by atoms with van der Waals surface area (Å²) < 4.78 is 0. The number of hydrogen-bond donors (Lipinski definition) is 3. The van der Waals surface area contributed by atoms with Gasteiger partial charge in [-0.25, -0.2) is 0 Å². The van der Waals surface area contributed by atoms with Crippen molar-refractivity contribution in [1.82, 2.24) is 0 Å². The standard InChI is InChI=1S/C26H37BrO7/c1-12(4-7-19(28)29)14-5-6-15-20-16(11-18(24(33)34)26(14,15)3)25(2)9-8-13(23(31)32)10-17(25)21(27)22(20)30/h12-18,20-21H,4-11H2,1-3H3,(H,28,29)(H,31,32)(H,33,34)/t12-,13+,14+,15+,16+,17-,18+,20-,21+,25+,26+/m0/s1. The number of carboxylic acids is 3. The molecule has 8 heteroatoms. The van der Waals surface area contributed by atoms with Gasteiger partial charge in [0.25, 0.3) is 0 Å². The maximum Gasteiger partial charge on any atom is 0.307 e. The smallest absolute Gasteiger partial charge is 0.307 e. The molecule has 0 bridgehead atoms. The molecule has 3 N–H and O–H groups in total. The summed E-state index contributed by atoms with van der Waals surface area (Å²) in [5, 5.41) is 29.2. The first-order chi connectivity index (χ1) is 15.8. The van der Waals surface area contributed by atoms with E-state index in [1.165, 1.54) is 0 Å². The van der Waals surface area contributed by atoms with Crippen LogP contribution in [0.5, 0.6) is 0 Å². The van der Waals surface area contributed by atoms with E-state index in [1.807, 2.05) is 13.8 Å². The molecule has 0 amide bonds. The van der Waals surface area contributed by atoms with Crippen LogP contribution < -0.4 is 0 Å². The lowest BCUT2D eigenvalue weighted by Gasteiger charge is -2.62. The number of Topliss-reactive ketones (excluding diaryl/α,β-unsaturated/α-hetero) is 1. The van der Waals surface area contributed by atoms with Gasteiger partial charge in [0.05, 0.1) is 16.7 Å². The molecule has 4 aliphatic rings. The number of carbonyl (C=O) groups excluding carboxylic acids is 1. The highest BCUT2D eigenvalue weighted by Gasteiger charge is 2.69. The first kappa shape index (κ1) is 25.6. The number of hydrogen-bond acceptors (Lipinski definition) is 4. The molecule has 4 rings (SSSR count). The lowest BCUT2D eigenvalue weighted by molar-refractivity contribution is -0.181. The summed E-state index contributed by atoms with van der Waals surface area (Å²) in [5.74, 6) is -3.74. The zero-order valence-corrected chi connectivity index (χ0v) is 21.8. The summed E-state index contributed by atoms with van der Waals surface area (Å²) in [5.41, 5.74) is -0.838. The van der Waals surface area contributed by atoms with Gasteiger partial charge in [0.1, 0.15) is 5.78 Å². The third kappa shape index (κ3) is 3.73. The van der Waals surface area contributed by atoms with E-state index < -0.39 is 40.0 Å². The van der Waals surface area contributed by atoms with Crippen LogP contribution >= 0.6 is 15.9 Å². The average molecular weight is 541 g/mol. The fourth-order valence-corrected chi connectivity index (χ4v) is 10.2. The highest BCUT2D eigenvalue weighted by Crippen LogP contribution is 2.70. The van der Waals surface area contributed by atoms with Gasteiger partial charge < -0.3 is 15.3 Å². The van der Waals surface area contributed by atoms with Crippen LogP contribution in [0.4, 0.5) is 0 Å². The third-order valence-corrected chi connectivity index (χ3v) is 11.9. The zero-order chi connectivity index (χ0) is 25.2. The molecule has 0 unspecified atom stereocenters. The molecule has 0 aromatic heterocycles. The second-order valence-electron chi connectivity index (χ2n) is 12.1. The van der Waals surface area contributed by atoms with Crippen molar-refractivity contribution in [2.75, 3.05) is 0 Å². The molecule has 0 aliphatic heterocycles. The zero-order valence-electron chi connectivity index (χ0n) is 20.2. The van der Waals surface area contributed by atoms with Crippen molar-refractivity contribution >= 4 is 39.6 Å². The van der Waals surface area contributed by atoms with Crippen molar-refractivity contribution in [3.63, 3.8) is 0 Å². The molecule has 11 atom stereocenters. The number of carbonyl (C=O) groups is 4. The Morgan fingerprint density at radius 3 is 2.26 bits per heavy atom. The maximum atomic E-state index is 13.9. The summed E-state index contributed by atoms with van der Waals surface area (Å²) in [7, 11) is 0. The molecule has 190 valence electrons. The van der Waals surface area contributed by atoms with Gasteiger partial charge in [-0.2, -0.15) is 0 Å². The minimum Gasteiger partial charge on any atom is -0.481 e. The molecule has 0 radical (unpaired) electrons. The van der Waals surface area contributed by atoms with Crippen molar-refractivity contribution in [2.45, 2.75) is 77.0 Å². The van der Waals surface area contributed by atoms with E-state index in [4.69, 9.17) is 0 Å². The molecule has 0 saturated heterocycles. The summed E-state index contributed by atoms with van der Waals surface area (Å²) in [6.07, 6.45) is 4.32. The number of alkyl halides is 1. The number of aliphatic carboxylic acids is 3. The first-order valence-electron chi connectivity index (χ1n) is 12.7. The minimum atomic E-state index is -0.842. The quantitative estimate of drug-likeness (QED) is 0.416. The van der Waals surface area contributed by atoms with Gasteiger partial charge in [-0.05, 0) is 85.4 Å². The first-order valence-corrected chi connectivity index (χ1v) is 13.6. The number of halogens is 1. The highest BCUT2D eigenvalue weighted by molar-refractivity contribution is 9.10. The van der Waals surface area contributed by atoms with Crippen LogP contribution in [-0.2, 0) is 19.2 Å². The Morgan fingerprint density at radius 2 is 1.68 bits per heavy atom. The van der Waals surface area contributed by atoms with Gasteiger partial charge in [-0.15, -0.1) is 0 Å². The Morgan fingerprint density at radius 1 is 1.00 bits per heavy atom. The van der Waals surface area contributed by atoms with Crippen LogP contribution in [0, 0.1) is 58.2 Å². The molecule has 0 aromatic carbocycles. The average Bonchev–Trinajstić information content (AvgIpc) is 3.12. The number of ketones is 1. The van der Waals surface area contributed by atoms with Crippen molar-refractivity contribution in [2.24, 2.45) is 58.2 Å². The van der Waals surface area contributed by atoms with Crippen LogP contribution in [0.15, 0.2) is 0 Å². The summed E-state index contributed by atoms with van der Waals surface area (Å²) >= 11 is 3.69. The van der Waals surface area contributed by atoms with Crippen LogP contribution in [-0.4, -0.2) is 43.8 Å². The van der Waals surface area contributed by atoms with Gasteiger partial charge in [-0.3, -0.25) is 19.2 Å². The largest absolute Gasteiger partial charge is 0.481 e. The van der Waals surface area contributed by atoms with E-state index in [-0.39, 0.29) is 53.1 Å². The molecule has 0 heterocycles. The molecule has 7 nitrogen and oxygen atoms in total. The molecule has 0 spiro atoms. The number of fused-ring (bicyclic) bond motifs is 5. The van der Waals surface area contributed by atoms with E-state index in [2.05, 4.69) is 22.9 Å². The number of rotatable bonds is 6. The van der Waals surface area contributed by atoms with Crippen molar-refractivity contribution in [3.8, 4) is 0 Å². The normalized spacial score (nSPS) is 46.6. The van der Waals surface area contributed by atoms with Crippen LogP contribution in [0.25, 0.3) is 0 Å². The van der Waals surface area contributed by atoms with Crippen LogP contribution in [0.3, 0.4) is 0 Å². The number of carboxylic acid groups (broad SMARTS) is 3. The lowest BCUT2D eigenvalue weighted by atomic mass is 9.41. The van der Waals surface area contributed by atoms with E-state index >= 15 is 0 Å². The molecule has 4 saturated carbocycles. The minimum absolute atomic E-state index is 0.0489. The second kappa shape index (κ2) is 8.90. The molecule has 34 heavy (non-hydrogen) atoms. The molecular formula is C26H37BrO7. The predicted molar refractivity (Wildman–Crippen MR) is 127 cm³/mol. The molecule has 4 fully saturated rings. The monoisotopic (exact) mass is 540 g/mol. The summed E-state index contributed by atoms with van der Waals surface area (Å²) in [6.45, 7) is 6.25. The summed E-state index contributed by atoms with van der Waals surface area (Å²) in [4.78, 5) is 49.0. The summed E-state index contributed by atoms with van der Waals surface area (Å²) in [6, 6.07) is 0. The topological polar surface area (TPSA) is 129 Å². The van der Waals surface area contributed by atoms with Crippen molar-refractivity contribution in [3.05, 3.63) is 0 Å². The second-order valence-corrected chi connectivity index (χ2v) is 13.0. The highest BCUT2D eigenvalue weighted by atomic mass is 79.9. The van der Waals surface area contributed by atoms with Crippen molar-refractivity contribution in [1.29, 1.82) is 0 Å². The Bertz CT molecular complexity index is 888. The van der Waals surface area contributed by atoms with Gasteiger partial charge >= 0.3 is 17.9 Å². The van der Waals surface area contributed by atoms with Crippen LogP contribution in [0.2, 0.25) is 0 Å². The predicted octanol–water partition coefficient (Wildman–Crippen LogP) is 4.71. The van der Waals surface area contributed by atoms with Gasteiger partial charge in [0.2, 0.25) is 0 Å². The molecular weight excluding hydrogens is 504 g/mol. The van der Waals surface area contributed by atoms with Crippen LogP contribution in [0.1, 0.15) is 72.1 Å². The van der Waals surface area contributed by atoms with Gasteiger partial charge in [0.15, 0.2) is 0 Å².